The molecule has 2 saturated heterocycles. The van der Waals surface area contributed by atoms with Crippen LogP contribution in [0, 0.1) is 0 Å². The normalized spacial score (nSPS) is 20.7. The van der Waals surface area contributed by atoms with Gasteiger partial charge >= 0.3 is 0 Å². The number of fused-ring (bicyclic) bond motifs is 1. The van der Waals surface area contributed by atoms with E-state index >= 15 is 0 Å². The van der Waals surface area contributed by atoms with Crippen molar-refractivity contribution in [1.29, 1.82) is 0 Å². The fraction of sp³-hybridized carbons (Fsp3) is 0.429. The molecule has 11 nitrogen and oxygen atoms in total. The quantitative estimate of drug-likeness (QED) is 0.304. The molecule has 0 aliphatic carbocycles. The number of benzene rings is 2. The summed E-state index contributed by atoms with van der Waals surface area (Å²) in [5, 5.41) is 11.5. The summed E-state index contributed by atoms with van der Waals surface area (Å²) in [7, 11) is 4.48. The molecule has 208 valence electrons. The van der Waals surface area contributed by atoms with E-state index in [0.717, 1.165) is 13.1 Å². The molecule has 3 aliphatic rings. The van der Waals surface area contributed by atoms with Gasteiger partial charge in [-0.1, -0.05) is 0 Å². The van der Waals surface area contributed by atoms with Crippen LogP contribution in [-0.4, -0.2) is 101 Å². The molecule has 3 aliphatic heterocycles. The number of carbonyl (C=O) groups excluding carboxylic acids is 2. The molecule has 0 radical (unpaired) electrons. The summed E-state index contributed by atoms with van der Waals surface area (Å²) in [5.74, 6) is 0.332. The number of hydrogen-bond donors (Lipinski definition) is 1. The van der Waals surface area contributed by atoms with Gasteiger partial charge in [0.05, 0.1) is 46.2 Å². The third-order valence-electron chi connectivity index (χ3n) is 7.12. The van der Waals surface area contributed by atoms with E-state index in [4.69, 9.17) is 28.4 Å². The molecule has 1 N–H and O–H groups in total. The lowest BCUT2D eigenvalue weighted by Gasteiger charge is -2.31. The van der Waals surface area contributed by atoms with Crippen LogP contribution in [0.1, 0.15) is 17.2 Å². The van der Waals surface area contributed by atoms with Crippen molar-refractivity contribution in [2.45, 2.75) is 6.04 Å². The number of Topliss-reactive ketones (excluding diaryl/α,β-unsaturated/α-hetero) is 1. The Hall–Kier alpha value is -3.96. The molecule has 0 bridgehead atoms. The number of aliphatic hydroxyl groups excluding tert-OH is 1. The van der Waals surface area contributed by atoms with Gasteiger partial charge in [-0.2, -0.15) is 0 Å². The molecule has 0 spiro atoms. The molecule has 2 fully saturated rings. The van der Waals surface area contributed by atoms with Gasteiger partial charge in [0.2, 0.25) is 5.75 Å². The predicted molar refractivity (Wildman–Crippen MR) is 140 cm³/mol. The van der Waals surface area contributed by atoms with Crippen LogP contribution in [0.5, 0.6) is 28.7 Å². The zero-order valence-corrected chi connectivity index (χ0v) is 22.2. The molecule has 5 rings (SSSR count). The molecule has 2 aromatic carbocycles. The Morgan fingerprint density at radius 1 is 0.897 bits per heavy atom. The smallest absolute Gasteiger partial charge is 0.295 e. The number of hydrogen-bond acceptors (Lipinski definition) is 10. The zero-order valence-electron chi connectivity index (χ0n) is 22.2. The van der Waals surface area contributed by atoms with Crippen LogP contribution in [-0.2, 0) is 14.3 Å². The summed E-state index contributed by atoms with van der Waals surface area (Å²) in [6, 6.07) is 7.40. The molecule has 39 heavy (non-hydrogen) atoms. The number of methoxy groups -OCH3 is 3. The number of likely N-dealkylation sites (tertiary alicyclic amines) is 1. The third-order valence-corrected chi connectivity index (χ3v) is 7.12. The first-order valence-electron chi connectivity index (χ1n) is 12.7. The lowest BCUT2D eigenvalue weighted by molar-refractivity contribution is -0.140. The van der Waals surface area contributed by atoms with Crippen molar-refractivity contribution in [1.82, 2.24) is 9.80 Å². The van der Waals surface area contributed by atoms with E-state index < -0.39 is 17.7 Å². The van der Waals surface area contributed by atoms with Crippen molar-refractivity contribution in [3.63, 3.8) is 0 Å². The Labute approximate surface area is 226 Å². The summed E-state index contributed by atoms with van der Waals surface area (Å²) >= 11 is 0. The Kier molecular flexibility index (Phi) is 7.80. The Balaban J connectivity index is 1.61. The Morgan fingerprint density at radius 3 is 2.21 bits per heavy atom. The van der Waals surface area contributed by atoms with Gasteiger partial charge in [-0.05, 0) is 35.9 Å². The number of rotatable bonds is 8. The van der Waals surface area contributed by atoms with Crippen molar-refractivity contribution in [3.8, 4) is 28.7 Å². The second kappa shape index (κ2) is 11.4. The number of amides is 1. The van der Waals surface area contributed by atoms with Crippen molar-refractivity contribution >= 4 is 17.4 Å². The number of carbonyl (C=O) groups is 2. The van der Waals surface area contributed by atoms with Crippen LogP contribution in [0.25, 0.3) is 5.76 Å². The van der Waals surface area contributed by atoms with Crippen LogP contribution in [0.3, 0.4) is 0 Å². The van der Waals surface area contributed by atoms with Crippen molar-refractivity contribution in [2.24, 2.45) is 0 Å². The maximum atomic E-state index is 13.5. The van der Waals surface area contributed by atoms with Gasteiger partial charge < -0.3 is 38.4 Å². The monoisotopic (exact) mass is 540 g/mol. The Bertz CT molecular complexity index is 1260. The standard InChI is InChI=1S/C28H32N2O9/c1-34-21-15-18(16-22(35-2)27(21)36-3)24-23(25(31)17-4-5-19-20(14-17)39-13-12-38-19)26(32)28(33)30(24)7-6-29-8-10-37-11-9-29/h4-5,14-16,24,31H,6-13H2,1-3H3. The van der Waals surface area contributed by atoms with Crippen molar-refractivity contribution < 1.29 is 43.1 Å². The van der Waals surface area contributed by atoms with E-state index in [1.807, 2.05) is 0 Å². The molecular weight excluding hydrogens is 508 g/mol. The number of ether oxygens (including phenoxy) is 6. The maximum absolute atomic E-state index is 13.5. The van der Waals surface area contributed by atoms with Gasteiger partial charge in [0.15, 0.2) is 23.0 Å². The van der Waals surface area contributed by atoms with E-state index in [-0.39, 0.29) is 17.9 Å². The van der Waals surface area contributed by atoms with Gasteiger partial charge in [-0.3, -0.25) is 14.5 Å². The Morgan fingerprint density at radius 2 is 1.56 bits per heavy atom. The van der Waals surface area contributed by atoms with Gasteiger partial charge in [-0.15, -0.1) is 0 Å². The molecule has 2 aromatic rings. The SMILES string of the molecule is COc1cc(C2C(=C(O)c3ccc4c(c3)OCCO4)C(=O)C(=O)N2CCN2CCOCC2)cc(OC)c1OC. The number of nitrogens with zero attached hydrogens (tertiary/aromatic N) is 2. The number of aliphatic hydroxyl groups is 1. The number of ketones is 1. The lowest BCUT2D eigenvalue weighted by Crippen LogP contribution is -2.42. The highest BCUT2D eigenvalue weighted by molar-refractivity contribution is 6.46. The molecule has 3 heterocycles. The van der Waals surface area contributed by atoms with E-state index in [2.05, 4.69) is 4.90 Å². The van der Waals surface area contributed by atoms with Gasteiger partial charge in [0, 0.05) is 31.7 Å². The molecule has 1 unspecified atom stereocenters. The fourth-order valence-electron chi connectivity index (χ4n) is 5.14. The lowest BCUT2D eigenvalue weighted by atomic mass is 9.94. The minimum atomic E-state index is -0.895. The summed E-state index contributed by atoms with van der Waals surface area (Å²) in [4.78, 5) is 30.6. The third kappa shape index (κ3) is 5.07. The number of morpholine rings is 1. The highest BCUT2D eigenvalue weighted by Gasteiger charge is 2.46. The van der Waals surface area contributed by atoms with Crippen LogP contribution in [0.4, 0.5) is 0 Å². The van der Waals surface area contributed by atoms with Crippen molar-refractivity contribution in [3.05, 3.63) is 47.0 Å². The second-order valence-electron chi connectivity index (χ2n) is 9.26. The molecule has 11 heteroatoms. The minimum absolute atomic E-state index is 0.0343. The summed E-state index contributed by atoms with van der Waals surface area (Å²) in [6.07, 6.45) is 0. The topological polar surface area (TPSA) is 116 Å². The minimum Gasteiger partial charge on any atom is -0.507 e. The highest BCUT2D eigenvalue weighted by atomic mass is 16.6. The molecular formula is C28H32N2O9. The van der Waals surface area contributed by atoms with Crippen LogP contribution >= 0.6 is 0 Å². The second-order valence-corrected chi connectivity index (χ2v) is 9.26. The average Bonchev–Trinajstić information content (AvgIpc) is 3.24. The highest BCUT2D eigenvalue weighted by Crippen LogP contribution is 2.46. The summed E-state index contributed by atoms with van der Waals surface area (Å²) < 4.78 is 33.2. The largest absolute Gasteiger partial charge is 0.507 e. The first-order chi connectivity index (χ1) is 19.0. The van der Waals surface area contributed by atoms with E-state index in [1.165, 1.54) is 26.2 Å². The molecule has 0 saturated carbocycles. The van der Waals surface area contributed by atoms with Gasteiger partial charge in [0.1, 0.15) is 19.0 Å². The van der Waals surface area contributed by atoms with E-state index in [9.17, 15) is 14.7 Å². The molecule has 1 atom stereocenters. The summed E-state index contributed by atoms with van der Waals surface area (Å²) in [6.45, 7) is 4.29. The summed E-state index contributed by atoms with van der Waals surface area (Å²) in [5.41, 5.74) is 0.834. The first kappa shape index (κ1) is 26.6. The van der Waals surface area contributed by atoms with Crippen molar-refractivity contribution in [2.75, 3.05) is 73.9 Å². The zero-order chi connectivity index (χ0) is 27.5. The molecule has 1 amide bonds. The van der Waals surface area contributed by atoms with E-state index in [1.54, 1.807) is 30.3 Å². The first-order valence-corrected chi connectivity index (χ1v) is 12.7. The average molecular weight is 541 g/mol. The van der Waals surface area contributed by atoms with Crippen LogP contribution < -0.4 is 23.7 Å². The van der Waals surface area contributed by atoms with Gasteiger partial charge in [0.25, 0.3) is 11.7 Å². The van der Waals surface area contributed by atoms with Crippen LogP contribution in [0.15, 0.2) is 35.9 Å². The van der Waals surface area contributed by atoms with Crippen LogP contribution in [0.2, 0.25) is 0 Å². The fourth-order valence-corrected chi connectivity index (χ4v) is 5.14. The molecule has 0 aromatic heterocycles. The van der Waals surface area contributed by atoms with Gasteiger partial charge in [-0.25, -0.2) is 0 Å². The van der Waals surface area contributed by atoms with E-state index in [0.29, 0.717) is 72.8 Å². The predicted octanol–water partition coefficient (Wildman–Crippen LogP) is 2.24. The maximum Gasteiger partial charge on any atom is 0.295 e.